The smallest absolute Gasteiger partial charge is 0.148 e. The van der Waals surface area contributed by atoms with Crippen LogP contribution < -0.4 is 11.1 Å². The van der Waals surface area contributed by atoms with Gasteiger partial charge in [-0.3, -0.25) is 4.98 Å². The average molecular weight is 363 g/mol. The highest BCUT2D eigenvalue weighted by Crippen LogP contribution is 2.25. The Kier molecular flexibility index (Phi) is 5.16. The van der Waals surface area contributed by atoms with Crippen molar-refractivity contribution in [1.82, 2.24) is 15.2 Å². The Bertz CT molecular complexity index is 951. The van der Waals surface area contributed by atoms with E-state index < -0.39 is 5.41 Å². The molecule has 0 aliphatic rings. The van der Waals surface area contributed by atoms with Crippen LogP contribution in [0, 0.1) is 5.82 Å². The van der Waals surface area contributed by atoms with E-state index in [4.69, 9.17) is 5.73 Å². The summed E-state index contributed by atoms with van der Waals surface area (Å²) in [6, 6.07) is 12.4. The van der Waals surface area contributed by atoms with Gasteiger partial charge in [0.1, 0.15) is 11.6 Å². The van der Waals surface area contributed by atoms with Crippen LogP contribution in [0.5, 0.6) is 0 Å². The molecule has 3 aromatic rings. The summed E-state index contributed by atoms with van der Waals surface area (Å²) in [5.74, 6) is 0.301. The second-order valence-corrected chi connectivity index (χ2v) is 6.92. The molecule has 2 heterocycles. The van der Waals surface area contributed by atoms with Gasteiger partial charge in [0.05, 0.1) is 11.4 Å². The first-order chi connectivity index (χ1) is 12.9. The number of nitrogens with zero attached hydrogens (tertiary/aromatic N) is 3. The van der Waals surface area contributed by atoms with Crippen LogP contribution in [0.2, 0.25) is 0 Å². The van der Waals surface area contributed by atoms with E-state index in [1.807, 2.05) is 44.2 Å². The van der Waals surface area contributed by atoms with Crippen LogP contribution in [0.4, 0.5) is 15.9 Å². The number of pyridine rings is 1. The first kappa shape index (κ1) is 18.5. The van der Waals surface area contributed by atoms with Gasteiger partial charge in [0.25, 0.3) is 0 Å². The van der Waals surface area contributed by atoms with Crippen LogP contribution in [0.15, 0.2) is 55.2 Å². The van der Waals surface area contributed by atoms with Gasteiger partial charge >= 0.3 is 0 Å². The van der Waals surface area contributed by atoms with E-state index >= 15 is 0 Å². The number of aromatic nitrogens is 3. The third kappa shape index (κ3) is 4.11. The van der Waals surface area contributed by atoms with E-state index in [9.17, 15) is 4.39 Å². The lowest BCUT2D eigenvalue weighted by Gasteiger charge is -2.24. The van der Waals surface area contributed by atoms with Crippen LogP contribution in [0.1, 0.15) is 25.1 Å². The van der Waals surface area contributed by atoms with Crippen molar-refractivity contribution >= 4 is 17.6 Å². The number of benzene rings is 1. The summed E-state index contributed by atoms with van der Waals surface area (Å²) < 4.78 is 14.0. The number of anilines is 2. The Morgan fingerprint density at radius 2 is 2.00 bits per heavy atom. The molecule has 138 valence electrons. The number of nitrogens with one attached hydrogen (secondary N) is 1. The normalized spacial score (nSPS) is 11.2. The molecule has 5 nitrogen and oxygen atoms in total. The van der Waals surface area contributed by atoms with Gasteiger partial charge in [-0.15, -0.1) is 10.2 Å². The molecule has 6 heteroatoms. The second kappa shape index (κ2) is 7.53. The van der Waals surface area contributed by atoms with Gasteiger partial charge in [-0.05, 0) is 42.0 Å². The molecule has 0 saturated heterocycles. The lowest BCUT2D eigenvalue weighted by Crippen LogP contribution is -2.30. The van der Waals surface area contributed by atoms with Gasteiger partial charge in [-0.1, -0.05) is 32.6 Å². The monoisotopic (exact) mass is 363 g/mol. The Morgan fingerprint density at radius 3 is 2.67 bits per heavy atom. The van der Waals surface area contributed by atoms with Crippen LogP contribution in [0.25, 0.3) is 17.3 Å². The van der Waals surface area contributed by atoms with Crippen molar-refractivity contribution in [2.45, 2.75) is 19.3 Å². The second-order valence-electron chi connectivity index (χ2n) is 6.92. The van der Waals surface area contributed by atoms with Crippen molar-refractivity contribution in [3.05, 3.63) is 72.3 Å². The number of hydrogen-bond acceptors (Lipinski definition) is 5. The highest BCUT2D eigenvalue weighted by atomic mass is 19.1. The summed E-state index contributed by atoms with van der Waals surface area (Å²) >= 11 is 0. The molecule has 0 atom stereocenters. The molecule has 3 rings (SSSR count). The molecular formula is C21H22FN5. The van der Waals surface area contributed by atoms with Gasteiger partial charge in [-0.25, -0.2) is 4.39 Å². The summed E-state index contributed by atoms with van der Waals surface area (Å²) in [6.45, 7) is 8.09. The number of halogens is 1. The van der Waals surface area contributed by atoms with Crippen LogP contribution in [0.3, 0.4) is 0 Å². The third-order valence-corrected chi connectivity index (χ3v) is 4.38. The Hall–Kier alpha value is -3.28. The molecule has 0 aliphatic carbocycles. The van der Waals surface area contributed by atoms with Crippen molar-refractivity contribution < 1.29 is 4.39 Å². The van der Waals surface area contributed by atoms with Crippen LogP contribution >= 0.6 is 0 Å². The third-order valence-electron chi connectivity index (χ3n) is 4.38. The first-order valence-electron chi connectivity index (χ1n) is 8.61. The maximum absolute atomic E-state index is 14.0. The van der Waals surface area contributed by atoms with E-state index in [0.29, 0.717) is 23.7 Å². The zero-order valence-corrected chi connectivity index (χ0v) is 15.4. The standard InChI is InChI=1S/C21H22FN5/c1-4-14-12-15(7-8-17(14)23)18-9-10-19(27-26-18)25-13-21(2,3)20-16(22)6-5-11-24-20/h4-12H,1,13,23H2,2-3H3,(H,25,27). The fourth-order valence-corrected chi connectivity index (χ4v) is 2.77. The molecule has 0 fully saturated rings. The Balaban J connectivity index is 1.73. The minimum Gasteiger partial charge on any atom is -0.398 e. The molecule has 0 spiro atoms. The molecule has 0 amide bonds. The van der Waals surface area contributed by atoms with Gasteiger partial charge in [-0.2, -0.15) is 0 Å². The van der Waals surface area contributed by atoms with E-state index in [-0.39, 0.29) is 5.82 Å². The summed E-state index contributed by atoms with van der Waals surface area (Å²) in [7, 11) is 0. The number of hydrogen-bond donors (Lipinski definition) is 2. The van der Waals surface area contributed by atoms with Gasteiger partial charge < -0.3 is 11.1 Å². The lowest BCUT2D eigenvalue weighted by molar-refractivity contribution is 0.485. The summed E-state index contributed by atoms with van der Waals surface area (Å²) in [5, 5.41) is 11.7. The van der Waals surface area contributed by atoms with Crippen LogP contribution in [-0.2, 0) is 5.41 Å². The maximum Gasteiger partial charge on any atom is 0.148 e. The number of nitrogen functional groups attached to an aromatic ring is 1. The zero-order chi connectivity index (χ0) is 19.4. The highest BCUT2D eigenvalue weighted by Gasteiger charge is 2.25. The Labute approximate surface area is 158 Å². The van der Waals surface area contributed by atoms with E-state index in [2.05, 4.69) is 27.1 Å². The van der Waals surface area contributed by atoms with Gasteiger partial charge in [0.15, 0.2) is 0 Å². The van der Waals surface area contributed by atoms with E-state index in [1.54, 1.807) is 18.3 Å². The predicted molar refractivity (Wildman–Crippen MR) is 108 cm³/mol. The fraction of sp³-hybridized carbons (Fsp3) is 0.190. The highest BCUT2D eigenvalue weighted by molar-refractivity contribution is 5.71. The topological polar surface area (TPSA) is 76.7 Å². The maximum atomic E-state index is 14.0. The van der Waals surface area contributed by atoms with Crippen molar-refractivity contribution in [2.75, 3.05) is 17.6 Å². The van der Waals surface area contributed by atoms with Crippen molar-refractivity contribution in [3.63, 3.8) is 0 Å². The lowest BCUT2D eigenvalue weighted by atomic mass is 9.88. The Morgan fingerprint density at radius 1 is 1.19 bits per heavy atom. The molecule has 3 N–H and O–H groups in total. The minimum atomic E-state index is -0.498. The molecule has 1 aromatic carbocycles. The summed E-state index contributed by atoms with van der Waals surface area (Å²) in [5.41, 5.74) is 8.98. The summed E-state index contributed by atoms with van der Waals surface area (Å²) in [4.78, 5) is 4.17. The number of rotatable bonds is 6. The quantitative estimate of drug-likeness (QED) is 0.639. The minimum absolute atomic E-state index is 0.313. The molecular weight excluding hydrogens is 341 g/mol. The molecule has 0 saturated carbocycles. The number of nitrogens with two attached hydrogens (primary N) is 1. The van der Waals surface area contributed by atoms with Gasteiger partial charge in [0.2, 0.25) is 0 Å². The first-order valence-corrected chi connectivity index (χ1v) is 8.61. The molecule has 0 unspecified atom stereocenters. The van der Waals surface area contributed by atoms with Gasteiger partial charge in [0, 0.05) is 29.4 Å². The zero-order valence-electron chi connectivity index (χ0n) is 15.4. The van der Waals surface area contributed by atoms with Crippen molar-refractivity contribution in [1.29, 1.82) is 0 Å². The average Bonchev–Trinajstić information content (AvgIpc) is 2.67. The summed E-state index contributed by atoms with van der Waals surface area (Å²) in [6.07, 6.45) is 3.31. The fourth-order valence-electron chi connectivity index (χ4n) is 2.77. The molecule has 0 bridgehead atoms. The largest absolute Gasteiger partial charge is 0.398 e. The molecule has 2 aromatic heterocycles. The SMILES string of the molecule is C=Cc1cc(-c2ccc(NCC(C)(C)c3ncccc3F)nn2)ccc1N. The van der Waals surface area contributed by atoms with E-state index in [1.165, 1.54) is 6.07 Å². The van der Waals surface area contributed by atoms with Crippen LogP contribution in [-0.4, -0.2) is 21.7 Å². The predicted octanol–water partition coefficient (Wildman–Crippen LogP) is 4.29. The molecule has 27 heavy (non-hydrogen) atoms. The molecule has 0 radical (unpaired) electrons. The van der Waals surface area contributed by atoms with E-state index in [0.717, 1.165) is 16.8 Å². The molecule has 0 aliphatic heterocycles. The van der Waals surface area contributed by atoms with Crippen molar-refractivity contribution in [2.24, 2.45) is 0 Å². The van der Waals surface area contributed by atoms with Crippen molar-refractivity contribution in [3.8, 4) is 11.3 Å².